The Morgan fingerprint density at radius 3 is 3.00 bits per heavy atom. The second kappa shape index (κ2) is 2.66. The van der Waals surface area contributed by atoms with Crippen LogP contribution in [0, 0.1) is 17.0 Å². The van der Waals surface area contributed by atoms with E-state index in [4.69, 9.17) is 5.73 Å². The molecule has 0 spiro atoms. The lowest BCUT2D eigenvalue weighted by atomic mass is 10.4. The van der Waals surface area contributed by atoms with E-state index >= 15 is 0 Å². The Hall–Kier alpha value is -2.18. The van der Waals surface area contributed by atoms with Crippen LogP contribution in [0.1, 0.15) is 5.69 Å². The monoisotopic (exact) mass is 193 g/mol. The third-order valence-corrected chi connectivity index (χ3v) is 1.87. The summed E-state index contributed by atoms with van der Waals surface area (Å²) in [6.45, 7) is 1.55. The molecule has 7 nitrogen and oxygen atoms in total. The minimum Gasteiger partial charge on any atom is -0.384 e. The van der Waals surface area contributed by atoms with Gasteiger partial charge in [0.25, 0.3) is 0 Å². The topological polar surface area (TPSA) is 99.3 Å². The quantitative estimate of drug-likeness (QED) is 0.526. The summed E-state index contributed by atoms with van der Waals surface area (Å²) in [6.07, 6.45) is 1.42. The molecule has 2 N–H and O–H groups in total. The number of aromatic nitrogens is 3. The van der Waals surface area contributed by atoms with Gasteiger partial charge in [-0.25, -0.2) is 4.98 Å². The number of hydrogen-bond acceptors (Lipinski definition) is 5. The Balaban J connectivity index is 2.90. The van der Waals surface area contributed by atoms with E-state index in [1.165, 1.54) is 16.8 Å². The van der Waals surface area contributed by atoms with Crippen LogP contribution in [0.3, 0.4) is 0 Å². The molecular weight excluding hydrogens is 186 g/mol. The first-order valence-electron chi connectivity index (χ1n) is 3.85. The highest BCUT2D eigenvalue weighted by molar-refractivity contribution is 5.64. The Morgan fingerprint density at radius 1 is 1.64 bits per heavy atom. The molecule has 72 valence electrons. The first-order valence-corrected chi connectivity index (χ1v) is 3.85. The number of rotatable bonds is 1. The molecule has 0 aliphatic heterocycles. The minimum atomic E-state index is -0.510. The molecule has 2 aromatic heterocycles. The average molecular weight is 193 g/mol. The number of aryl methyl sites for hydroxylation is 1. The van der Waals surface area contributed by atoms with E-state index in [1.54, 1.807) is 6.92 Å². The van der Waals surface area contributed by atoms with Crippen LogP contribution in [0.5, 0.6) is 0 Å². The van der Waals surface area contributed by atoms with Crippen molar-refractivity contribution in [3.05, 3.63) is 28.1 Å². The highest BCUT2D eigenvalue weighted by atomic mass is 16.6. The van der Waals surface area contributed by atoms with E-state index in [0.717, 1.165) is 0 Å². The van der Waals surface area contributed by atoms with Gasteiger partial charge in [0.1, 0.15) is 11.5 Å². The van der Waals surface area contributed by atoms with Crippen molar-refractivity contribution in [3.63, 3.8) is 0 Å². The Bertz CT molecular complexity index is 518. The summed E-state index contributed by atoms with van der Waals surface area (Å²) in [5.74, 6) is 0.325. The molecule has 0 atom stereocenters. The Morgan fingerprint density at radius 2 is 2.36 bits per heavy atom. The molecule has 0 fully saturated rings. The third kappa shape index (κ3) is 0.987. The van der Waals surface area contributed by atoms with Crippen molar-refractivity contribution in [1.82, 2.24) is 14.6 Å². The molecule has 0 unspecified atom stereocenters. The second-order valence-electron chi connectivity index (χ2n) is 2.80. The molecule has 0 amide bonds. The molecule has 14 heavy (non-hydrogen) atoms. The molecule has 2 aromatic rings. The van der Waals surface area contributed by atoms with Crippen LogP contribution in [0.15, 0.2) is 12.3 Å². The number of nitro groups is 1. The van der Waals surface area contributed by atoms with E-state index in [9.17, 15) is 10.1 Å². The van der Waals surface area contributed by atoms with Crippen LogP contribution >= 0.6 is 0 Å². The van der Waals surface area contributed by atoms with Crippen LogP contribution in [0.2, 0.25) is 0 Å². The maximum atomic E-state index is 10.7. The van der Waals surface area contributed by atoms with Crippen molar-refractivity contribution in [2.45, 2.75) is 6.92 Å². The fourth-order valence-corrected chi connectivity index (χ4v) is 1.27. The zero-order chi connectivity index (χ0) is 10.3. The predicted molar refractivity (Wildman–Crippen MR) is 48.8 cm³/mol. The van der Waals surface area contributed by atoms with Crippen LogP contribution < -0.4 is 5.73 Å². The van der Waals surface area contributed by atoms with Gasteiger partial charge in [-0.1, -0.05) is 0 Å². The lowest BCUT2D eigenvalue weighted by Crippen LogP contribution is -1.99. The molecule has 0 aromatic carbocycles. The Kier molecular flexibility index (Phi) is 1.60. The molecular formula is C7H7N5O2. The van der Waals surface area contributed by atoms with E-state index in [-0.39, 0.29) is 11.3 Å². The highest BCUT2D eigenvalue weighted by Crippen LogP contribution is 2.22. The van der Waals surface area contributed by atoms with Gasteiger partial charge < -0.3 is 5.73 Å². The van der Waals surface area contributed by atoms with Gasteiger partial charge in [-0.2, -0.15) is 9.61 Å². The normalized spacial score (nSPS) is 10.6. The summed E-state index contributed by atoms with van der Waals surface area (Å²) >= 11 is 0. The maximum Gasteiger partial charge on any atom is 0.336 e. The van der Waals surface area contributed by atoms with Crippen molar-refractivity contribution in [1.29, 1.82) is 0 Å². The number of anilines is 1. The van der Waals surface area contributed by atoms with Crippen molar-refractivity contribution < 1.29 is 4.92 Å². The first-order chi connectivity index (χ1) is 6.61. The van der Waals surface area contributed by atoms with Crippen molar-refractivity contribution >= 4 is 17.2 Å². The first kappa shape index (κ1) is 8.42. The summed E-state index contributed by atoms with van der Waals surface area (Å²) in [7, 11) is 0. The number of fused-ring (bicyclic) bond motifs is 1. The summed E-state index contributed by atoms with van der Waals surface area (Å²) in [5, 5.41) is 14.6. The minimum absolute atomic E-state index is 0.0997. The summed E-state index contributed by atoms with van der Waals surface area (Å²) in [5.41, 5.74) is 5.96. The molecule has 0 aliphatic rings. The van der Waals surface area contributed by atoms with E-state index in [1.807, 2.05) is 0 Å². The summed E-state index contributed by atoms with van der Waals surface area (Å²) < 4.78 is 1.26. The Labute approximate surface area is 78.3 Å². The third-order valence-electron chi connectivity index (χ3n) is 1.87. The molecule has 0 bridgehead atoms. The van der Waals surface area contributed by atoms with E-state index < -0.39 is 4.92 Å². The molecule has 0 radical (unpaired) electrons. The molecule has 0 saturated carbocycles. The van der Waals surface area contributed by atoms with Crippen molar-refractivity contribution in [3.8, 4) is 0 Å². The van der Waals surface area contributed by atoms with Crippen LogP contribution in [-0.2, 0) is 0 Å². The lowest BCUT2D eigenvalue weighted by Gasteiger charge is -1.94. The van der Waals surface area contributed by atoms with Crippen molar-refractivity contribution in [2.75, 3.05) is 5.73 Å². The highest BCUT2D eigenvalue weighted by Gasteiger charge is 2.21. The molecule has 0 aliphatic carbocycles. The van der Waals surface area contributed by atoms with Gasteiger partial charge in [-0.3, -0.25) is 10.1 Å². The fourth-order valence-electron chi connectivity index (χ4n) is 1.27. The van der Waals surface area contributed by atoms with Crippen LogP contribution in [0.4, 0.5) is 11.5 Å². The van der Waals surface area contributed by atoms with Gasteiger partial charge in [0, 0.05) is 6.20 Å². The number of nitrogens with zero attached hydrogens (tertiary/aromatic N) is 4. The molecule has 7 heteroatoms. The van der Waals surface area contributed by atoms with Gasteiger partial charge in [0.15, 0.2) is 0 Å². The van der Waals surface area contributed by atoms with Gasteiger partial charge in [-0.05, 0) is 13.0 Å². The number of hydrogen-bond donors (Lipinski definition) is 1. The average Bonchev–Trinajstić information content (AvgIpc) is 2.42. The SMILES string of the molecule is Cc1nn2c(N)ccnc2c1[N+](=O)[O-]. The number of nitrogen functional groups attached to an aromatic ring is 1. The zero-order valence-corrected chi connectivity index (χ0v) is 7.34. The second-order valence-corrected chi connectivity index (χ2v) is 2.80. The standard InChI is InChI=1S/C7H7N5O2/c1-4-6(12(13)14)7-9-3-2-5(8)11(7)10-4/h2-3H,8H2,1H3. The lowest BCUT2D eigenvalue weighted by molar-refractivity contribution is -0.383. The summed E-state index contributed by atoms with van der Waals surface area (Å²) in [6, 6.07) is 1.53. The van der Waals surface area contributed by atoms with Gasteiger partial charge in [0.2, 0.25) is 5.65 Å². The maximum absolute atomic E-state index is 10.7. The number of nitrogens with two attached hydrogens (primary N) is 1. The van der Waals surface area contributed by atoms with Gasteiger partial charge in [0.05, 0.1) is 4.92 Å². The molecule has 0 saturated heterocycles. The van der Waals surface area contributed by atoms with E-state index in [2.05, 4.69) is 10.1 Å². The smallest absolute Gasteiger partial charge is 0.336 e. The fraction of sp³-hybridized carbons (Fsp3) is 0.143. The van der Waals surface area contributed by atoms with Gasteiger partial charge in [-0.15, -0.1) is 0 Å². The van der Waals surface area contributed by atoms with E-state index in [0.29, 0.717) is 11.5 Å². The van der Waals surface area contributed by atoms with Crippen molar-refractivity contribution in [2.24, 2.45) is 0 Å². The zero-order valence-electron chi connectivity index (χ0n) is 7.34. The van der Waals surface area contributed by atoms with Gasteiger partial charge >= 0.3 is 5.69 Å². The molecule has 2 rings (SSSR count). The largest absolute Gasteiger partial charge is 0.384 e. The summed E-state index contributed by atoms with van der Waals surface area (Å²) in [4.78, 5) is 14.0. The van der Waals surface area contributed by atoms with Crippen LogP contribution in [-0.4, -0.2) is 19.5 Å². The van der Waals surface area contributed by atoms with Crippen LogP contribution in [0.25, 0.3) is 5.65 Å². The predicted octanol–water partition coefficient (Wildman–Crippen LogP) is 0.528. The molecule has 2 heterocycles.